The molecular weight excluding hydrogens is 623 g/mol. The van der Waals surface area contributed by atoms with Crippen LogP contribution >= 0.6 is 11.3 Å². The van der Waals surface area contributed by atoms with E-state index in [1.54, 1.807) is 0 Å². The number of anilines is 2. The standard InChI is InChI=1S/C46H27BN2S/c1-2-11-28(12-3-1)29-21-24-32(25-22-29)49-39-26-23-30-13-4-6-15-33(30)41(39)37-27-31-14-5-7-16-34(31)45-43(37)47(49)38-19-10-18-36-42-35-17-8-9-20-40(35)50-46(42)48(45)44(36)38/h1-27H. The molecule has 0 radical (unpaired) electrons. The Hall–Kier alpha value is -6.10. The molecule has 0 saturated heterocycles. The maximum absolute atomic E-state index is 2.63. The summed E-state index contributed by atoms with van der Waals surface area (Å²) in [7, 11) is 0. The third-order valence-electron chi connectivity index (χ3n) is 11.1. The molecule has 12 rings (SSSR count). The predicted octanol–water partition coefficient (Wildman–Crippen LogP) is 11.2. The van der Waals surface area contributed by atoms with Crippen molar-refractivity contribution in [3.05, 3.63) is 164 Å². The van der Waals surface area contributed by atoms with Crippen molar-refractivity contribution in [2.24, 2.45) is 0 Å². The van der Waals surface area contributed by atoms with Gasteiger partial charge in [0, 0.05) is 43.2 Å². The number of hydrogen-bond acceptors (Lipinski definition) is 2. The van der Waals surface area contributed by atoms with Crippen LogP contribution < -0.4 is 15.7 Å². The van der Waals surface area contributed by atoms with Gasteiger partial charge in [0.2, 0.25) is 0 Å². The molecule has 2 nitrogen and oxygen atoms in total. The van der Waals surface area contributed by atoms with Gasteiger partial charge in [0.1, 0.15) is 4.83 Å². The largest absolute Gasteiger partial charge is 0.376 e. The van der Waals surface area contributed by atoms with E-state index in [1.165, 1.54) is 103 Å². The Balaban J connectivity index is 1.26. The second-order valence-corrected chi connectivity index (χ2v) is 14.7. The van der Waals surface area contributed by atoms with Gasteiger partial charge in [-0.3, -0.25) is 0 Å². The molecule has 0 N–H and O–H groups in total. The van der Waals surface area contributed by atoms with Crippen LogP contribution in [0.4, 0.5) is 11.4 Å². The molecule has 0 aliphatic carbocycles. The SMILES string of the molecule is c1ccc(-c2ccc(N3B4c5c(cc6ccccc6c5-n5c6sc7ccccc7c6c6cccc4c65)-c4c3ccc3ccccc43)cc2)cc1. The van der Waals surface area contributed by atoms with Crippen molar-refractivity contribution in [3.8, 4) is 27.9 Å². The first-order chi connectivity index (χ1) is 24.8. The highest BCUT2D eigenvalue weighted by atomic mass is 32.1. The summed E-state index contributed by atoms with van der Waals surface area (Å²) in [5.41, 5.74) is 12.9. The van der Waals surface area contributed by atoms with Crippen LogP contribution in [0.25, 0.3) is 80.7 Å². The number of fused-ring (bicyclic) bond motifs is 13. The first-order valence-electron chi connectivity index (χ1n) is 17.3. The van der Waals surface area contributed by atoms with Gasteiger partial charge in [0.25, 0.3) is 0 Å². The Morgan fingerprint density at radius 1 is 0.520 bits per heavy atom. The minimum Gasteiger partial charge on any atom is -0.376 e. The lowest BCUT2D eigenvalue weighted by Crippen LogP contribution is -2.60. The summed E-state index contributed by atoms with van der Waals surface area (Å²) in [5, 5.41) is 9.16. The normalized spacial score (nSPS) is 13.1. The highest BCUT2D eigenvalue weighted by Crippen LogP contribution is 2.50. The lowest BCUT2D eigenvalue weighted by Gasteiger charge is -2.43. The number of para-hydroxylation sites is 1. The summed E-state index contributed by atoms with van der Waals surface area (Å²) in [4.78, 5) is 3.96. The van der Waals surface area contributed by atoms with E-state index >= 15 is 0 Å². The topological polar surface area (TPSA) is 8.17 Å². The summed E-state index contributed by atoms with van der Waals surface area (Å²) in [5.74, 6) is 0. The van der Waals surface area contributed by atoms with Gasteiger partial charge in [-0.25, -0.2) is 0 Å². The molecule has 0 fully saturated rings. The number of rotatable bonds is 2. The summed E-state index contributed by atoms with van der Waals surface area (Å²) in [6, 6.07) is 60.9. The molecule has 8 aromatic carbocycles. The van der Waals surface area contributed by atoms with Crippen molar-refractivity contribution >= 4 is 93.2 Å². The summed E-state index contributed by atoms with van der Waals surface area (Å²) in [6.07, 6.45) is 0. The van der Waals surface area contributed by atoms with Crippen LogP contribution in [0.3, 0.4) is 0 Å². The maximum Gasteiger partial charge on any atom is 0.333 e. The van der Waals surface area contributed by atoms with Gasteiger partial charge in [-0.1, -0.05) is 133 Å². The molecule has 4 heterocycles. The van der Waals surface area contributed by atoms with Crippen LogP contribution in [0.1, 0.15) is 0 Å². The molecule has 0 amide bonds. The van der Waals surface area contributed by atoms with E-state index < -0.39 is 0 Å². The van der Waals surface area contributed by atoms with Gasteiger partial charge in [-0.2, -0.15) is 0 Å². The summed E-state index contributed by atoms with van der Waals surface area (Å²) >= 11 is 1.92. The summed E-state index contributed by atoms with van der Waals surface area (Å²) in [6.45, 7) is -0.00712. The Labute approximate surface area is 293 Å². The van der Waals surface area contributed by atoms with Gasteiger partial charge in [-0.05, 0) is 74.1 Å². The van der Waals surface area contributed by atoms with E-state index in [0.717, 1.165) is 0 Å². The average Bonchev–Trinajstić information content (AvgIpc) is 3.72. The fourth-order valence-corrected chi connectivity index (χ4v) is 10.3. The minimum absolute atomic E-state index is 0.00712. The number of aromatic nitrogens is 1. The number of benzene rings is 8. The molecule has 0 saturated carbocycles. The zero-order valence-corrected chi connectivity index (χ0v) is 27.8. The van der Waals surface area contributed by atoms with Crippen LogP contribution in [0.15, 0.2) is 164 Å². The van der Waals surface area contributed by atoms with Gasteiger partial charge < -0.3 is 9.38 Å². The highest BCUT2D eigenvalue weighted by molar-refractivity contribution is 7.26. The smallest absolute Gasteiger partial charge is 0.333 e. The number of thiophene rings is 1. The molecule has 230 valence electrons. The van der Waals surface area contributed by atoms with Crippen molar-refractivity contribution in [2.45, 2.75) is 0 Å². The van der Waals surface area contributed by atoms with Crippen LogP contribution in [-0.2, 0) is 0 Å². The molecule has 2 aliphatic rings. The van der Waals surface area contributed by atoms with Crippen molar-refractivity contribution in [2.75, 3.05) is 4.81 Å². The first kappa shape index (κ1) is 26.8. The third kappa shape index (κ3) is 3.39. The lowest BCUT2D eigenvalue weighted by molar-refractivity contribution is 1.21. The van der Waals surface area contributed by atoms with Crippen molar-refractivity contribution < 1.29 is 0 Å². The molecular formula is C46H27BN2S. The lowest BCUT2D eigenvalue weighted by atomic mass is 9.43. The maximum atomic E-state index is 2.63. The number of nitrogens with zero attached hydrogens (tertiary/aromatic N) is 2. The fourth-order valence-electron chi connectivity index (χ4n) is 9.11. The van der Waals surface area contributed by atoms with Crippen molar-refractivity contribution in [1.82, 2.24) is 4.57 Å². The van der Waals surface area contributed by atoms with Crippen LogP contribution in [-0.4, -0.2) is 11.4 Å². The fraction of sp³-hybridized carbons (Fsp3) is 0. The van der Waals surface area contributed by atoms with E-state index in [-0.39, 0.29) is 6.85 Å². The predicted molar refractivity (Wildman–Crippen MR) is 216 cm³/mol. The first-order valence-corrected chi connectivity index (χ1v) is 18.1. The van der Waals surface area contributed by atoms with E-state index in [9.17, 15) is 0 Å². The molecule has 0 atom stereocenters. The zero-order chi connectivity index (χ0) is 32.5. The van der Waals surface area contributed by atoms with Gasteiger partial charge in [0.05, 0.1) is 11.2 Å². The molecule has 50 heavy (non-hydrogen) atoms. The summed E-state index contributed by atoms with van der Waals surface area (Å²) < 4.78 is 3.97. The minimum atomic E-state index is -0.00712. The second-order valence-electron chi connectivity index (χ2n) is 13.6. The van der Waals surface area contributed by atoms with Crippen LogP contribution in [0, 0.1) is 0 Å². The van der Waals surface area contributed by atoms with Crippen molar-refractivity contribution in [1.29, 1.82) is 0 Å². The van der Waals surface area contributed by atoms with Gasteiger partial charge in [-0.15, -0.1) is 11.3 Å². The highest BCUT2D eigenvalue weighted by Gasteiger charge is 2.45. The monoisotopic (exact) mass is 650 g/mol. The molecule has 10 aromatic rings. The number of hydrogen-bond donors (Lipinski definition) is 0. The van der Waals surface area contributed by atoms with Crippen LogP contribution in [0.2, 0.25) is 0 Å². The molecule has 2 aliphatic heterocycles. The molecule has 0 unspecified atom stereocenters. The molecule has 4 heteroatoms. The molecule has 2 aromatic heterocycles. The van der Waals surface area contributed by atoms with E-state index in [0.29, 0.717) is 0 Å². The zero-order valence-electron chi connectivity index (χ0n) is 27.0. The Morgan fingerprint density at radius 2 is 1.22 bits per heavy atom. The van der Waals surface area contributed by atoms with E-state index in [2.05, 4.69) is 173 Å². The van der Waals surface area contributed by atoms with Crippen molar-refractivity contribution in [3.63, 3.8) is 0 Å². The van der Waals surface area contributed by atoms with E-state index in [4.69, 9.17) is 0 Å². The Kier molecular flexibility index (Phi) is 5.23. The van der Waals surface area contributed by atoms with E-state index in [1.807, 2.05) is 11.3 Å². The Morgan fingerprint density at radius 3 is 2.08 bits per heavy atom. The molecule has 0 bridgehead atoms. The third-order valence-corrected chi connectivity index (χ3v) is 12.3. The van der Waals surface area contributed by atoms with Crippen LogP contribution in [0.5, 0.6) is 0 Å². The Bertz CT molecular complexity index is 3050. The molecule has 0 spiro atoms. The van der Waals surface area contributed by atoms with Gasteiger partial charge >= 0.3 is 6.85 Å². The quantitative estimate of drug-likeness (QED) is 0.169. The van der Waals surface area contributed by atoms with Gasteiger partial charge in [0.15, 0.2) is 0 Å². The average molecular weight is 651 g/mol. The second kappa shape index (κ2) is 9.75.